The molecular weight excluding hydrogens is 212 g/mol. The van der Waals surface area contributed by atoms with Gasteiger partial charge in [0.05, 0.1) is 0 Å². The molecule has 0 radical (unpaired) electrons. The summed E-state index contributed by atoms with van der Waals surface area (Å²) in [6.45, 7) is 10.4. The van der Waals surface area contributed by atoms with Gasteiger partial charge in [-0.25, -0.2) is 0 Å². The zero-order chi connectivity index (χ0) is 11.4. The number of rotatable bonds is 6. The van der Waals surface area contributed by atoms with Crippen molar-refractivity contribution in [1.82, 2.24) is 0 Å². The van der Waals surface area contributed by atoms with Crippen molar-refractivity contribution in [2.45, 2.75) is 25.7 Å². The lowest BCUT2D eigenvalue weighted by atomic mass is 10.7. The molecule has 0 bridgehead atoms. The van der Waals surface area contributed by atoms with Crippen LogP contribution >= 0.6 is 0 Å². The van der Waals surface area contributed by atoms with Crippen LogP contribution in [-0.2, 0) is 13.3 Å². The molecule has 0 atom stereocenters. The Morgan fingerprint density at radius 1 is 1.00 bits per heavy atom. The predicted molar refractivity (Wildman–Crippen MR) is 64.1 cm³/mol. The summed E-state index contributed by atoms with van der Waals surface area (Å²) >= 11 is 0. The first-order valence-corrected chi connectivity index (χ1v) is 10.1. The van der Waals surface area contributed by atoms with Crippen molar-refractivity contribution in [2.24, 2.45) is 0 Å². The van der Waals surface area contributed by atoms with Gasteiger partial charge in [0.15, 0.2) is 8.32 Å². The van der Waals surface area contributed by atoms with Crippen LogP contribution < -0.4 is 0 Å². The highest BCUT2D eigenvalue weighted by Gasteiger charge is 2.36. The summed E-state index contributed by atoms with van der Waals surface area (Å²) in [5.41, 5.74) is 0. The summed E-state index contributed by atoms with van der Waals surface area (Å²) in [4.78, 5) is 0. The van der Waals surface area contributed by atoms with Crippen molar-refractivity contribution >= 4 is 16.9 Å². The van der Waals surface area contributed by atoms with E-state index in [1.54, 1.807) is 21.3 Å². The summed E-state index contributed by atoms with van der Waals surface area (Å²) in [5.74, 6) is 0. The Bertz CT molecular complexity index is 200. The highest BCUT2D eigenvalue weighted by molar-refractivity contribution is 6.79. The Hall–Kier alpha value is 0.0538. The van der Waals surface area contributed by atoms with Crippen LogP contribution in [0.4, 0.5) is 0 Å². The van der Waals surface area contributed by atoms with Crippen molar-refractivity contribution in [3.8, 4) is 0 Å². The van der Waals surface area contributed by atoms with E-state index >= 15 is 0 Å². The summed E-state index contributed by atoms with van der Waals surface area (Å²) in [6, 6.07) is 0.897. The first kappa shape index (κ1) is 14.1. The standard InChI is InChI=1S/C9H22O3Si2/c1-9(8-13(5,6)10-2)14(7,11-3)12-4/h1,8H2,2-7H3. The lowest BCUT2D eigenvalue weighted by Gasteiger charge is -2.29. The lowest BCUT2D eigenvalue weighted by molar-refractivity contribution is 0.259. The van der Waals surface area contributed by atoms with E-state index in [0.717, 1.165) is 11.2 Å². The average molecular weight is 234 g/mol. The van der Waals surface area contributed by atoms with Crippen LogP contribution in [-0.4, -0.2) is 38.2 Å². The van der Waals surface area contributed by atoms with Crippen LogP contribution in [0, 0.1) is 0 Å². The number of allylic oxidation sites excluding steroid dienone is 1. The average Bonchev–Trinajstić information content (AvgIpc) is 2.16. The van der Waals surface area contributed by atoms with Gasteiger partial charge in [0, 0.05) is 21.3 Å². The second-order valence-electron chi connectivity index (χ2n) is 4.10. The molecule has 0 aliphatic carbocycles. The summed E-state index contributed by atoms with van der Waals surface area (Å²) in [5, 5.41) is 1.07. The van der Waals surface area contributed by atoms with E-state index in [2.05, 4.69) is 19.7 Å². The molecule has 0 heterocycles. The molecule has 0 spiro atoms. The van der Waals surface area contributed by atoms with Crippen molar-refractivity contribution in [2.75, 3.05) is 21.3 Å². The van der Waals surface area contributed by atoms with Gasteiger partial charge in [-0.05, 0) is 30.9 Å². The number of hydrogen-bond donors (Lipinski definition) is 0. The second-order valence-corrected chi connectivity index (χ2v) is 11.8. The van der Waals surface area contributed by atoms with Crippen molar-refractivity contribution in [3.63, 3.8) is 0 Å². The topological polar surface area (TPSA) is 27.7 Å². The normalized spacial score (nSPS) is 13.0. The largest absolute Gasteiger partial charge is 0.420 e. The van der Waals surface area contributed by atoms with Crippen LogP contribution in [0.15, 0.2) is 11.8 Å². The third kappa shape index (κ3) is 3.66. The molecule has 84 valence electrons. The Morgan fingerprint density at radius 3 is 1.71 bits per heavy atom. The Labute approximate surface area is 89.4 Å². The zero-order valence-corrected chi connectivity index (χ0v) is 12.1. The molecule has 0 rings (SSSR count). The second kappa shape index (κ2) is 5.22. The highest BCUT2D eigenvalue weighted by Crippen LogP contribution is 2.24. The van der Waals surface area contributed by atoms with Gasteiger partial charge < -0.3 is 13.3 Å². The molecule has 3 nitrogen and oxygen atoms in total. The molecule has 0 saturated carbocycles. The van der Waals surface area contributed by atoms with E-state index in [1.807, 2.05) is 6.55 Å². The molecule has 0 saturated heterocycles. The molecule has 0 aromatic carbocycles. The molecule has 14 heavy (non-hydrogen) atoms. The van der Waals surface area contributed by atoms with Crippen molar-refractivity contribution in [3.05, 3.63) is 11.8 Å². The van der Waals surface area contributed by atoms with E-state index in [1.165, 1.54) is 0 Å². The third-order valence-electron chi connectivity index (χ3n) is 2.61. The van der Waals surface area contributed by atoms with Crippen LogP contribution in [0.1, 0.15) is 0 Å². The smallest absolute Gasteiger partial charge is 0.363 e. The summed E-state index contributed by atoms with van der Waals surface area (Å²) in [6.07, 6.45) is 0. The van der Waals surface area contributed by atoms with Gasteiger partial charge in [-0.15, -0.1) is 0 Å². The quantitative estimate of drug-likeness (QED) is 0.660. The lowest BCUT2D eigenvalue weighted by Crippen LogP contribution is -2.42. The van der Waals surface area contributed by atoms with Crippen molar-refractivity contribution in [1.29, 1.82) is 0 Å². The van der Waals surface area contributed by atoms with Gasteiger partial charge in [-0.1, -0.05) is 6.58 Å². The van der Waals surface area contributed by atoms with Crippen LogP contribution in [0.5, 0.6) is 0 Å². The van der Waals surface area contributed by atoms with Gasteiger partial charge in [-0.2, -0.15) is 0 Å². The van der Waals surface area contributed by atoms with Gasteiger partial charge in [0.2, 0.25) is 0 Å². The van der Waals surface area contributed by atoms with Crippen molar-refractivity contribution < 1.29 is 13.3 Å². The molecule has 0 amide bonds. The minimum absolute atomic E-state index is 0.897. The number of hydrogen-bond acceptors (Lipinski definition) is 3. The van der Waals surface area contributed by atoms with E-state index in [9.17, 15) is 0 Å². The Balaban J connectivity index is 4.48. The van der Waals surface area contributed by atoms with E-state index in [0.29, 0.717) is 0 Å². The maximum atomic E-state index is 5.48. The van der Waals surface area contributed by atoms with Crippen LogP contribution in [0.3, 0.4) is 0 Å². The zero-order valence-electron chi connectivity index (χ0n) is 10.1. The van der Waals surface area contributed by atoms with E-state index < -0.39 is 16.9 Å². The fraction of sp³-hybridized carbons (Fsp3) is 0.778. The van der Waals surface area contributed by atoms with Gasteiger partial charge in [0.1, 0.15) is 0 Å². The fourth-order valence-corrected chi connectivity index (χ4v) is 5.60. The maximum absolute atomic E-state index is 5.48. The van der Waals surface area contributed by atoms with Gasteiger partial charge in [0.25, 0.3) is 0 Å². The van der Waals surface area contributed by atoms with Crippen LogP contribution in [0.2, 0.25) is 25.7 Å². The Kier molecular flexibility index (Phi) is 5.24. The monoisotopic (exact) mass is 234 g/mol. The third-order valence-corrected chi connectivity index (χ3v) is 8.37. The fourth-order valence-electron chi connectivity index (χ4n) is 1.12. The van der Waals surface area contributed by atoms with E-state index in [-0.39, 0.29) is 0 Å². The highest BCUT2D eigenvalue weighted by atomic mass is 28.4. The first-order chi connectivity index (χ1) is 6.31. The maximum Gasteiger partial charge on any atom is 0.363 e. The molecular formula is C9H22O3Si2. The summed E-state index contributed by atoms with van der Waals surface area (Å²) in [7, 11) is 1.35. The van der Waals surface area contributed by atoms with Gasteiger partial charge >= 0.3 is 8.56 Å². The minimum atomic E-state index is -2.17. The molecule has 0 aliphatic heterocycles. The molecule has 0 N–H and O–H groups in total. The summed E-state index contributed by atoms with van der Waals surface area (Å²) < 4.78 is 16.3. The molecule has 0 fully saturated rings. The molecule has 0 aromatic rings. The van der Waals surface area contributed by atoms with Gasteiger partial charge in [-0.3, -0.25) is 0 Å². The predicted octanol–water partition coefficient (Wildman–Crippen LogP) is 2.30. The van der Waals surface area contributed by atoms with Crippen LogP contribution in [0.25, 0.3) is 0 Å². The molecule has 0 aromatic heterocycles. The SMILES string of the molecule is C=C(C[Si](C)(C)OC)[Si](C)(OC)OC. The molecule has 5 heteroatoms. The minimum Gasteiger partial charge on any atom is -0.420 e. The molecule has 0 unspecified atom stereocenters. The molecule has 0 aliphatic rings. The van der Waals surface area contributed by atoms with E-state index in [4.69, 9.17) is 13.3 Å². The Morgan fingerprint density at radius 2 is 1.43 bits per heavy atom. The first-order valence-electron chi connectivity index (χ1n) is 4.65.